The summed E-state index contributed by atoms with van der Waals surface area (Å²) in [6, 6.07) is 7.05. The van der Waals surface area contributed by atoms with E-state index in [9.17, 15) is 0 Å². The van der Waals surface area contributed by atoms with Crippen molar-refractivity contribution in [1.29, 1.82) is 0 Å². The molecule has 0 saturated carbocycles. The van der Waals surface area contributed by atoms with Gasteiger partial charge in [-0.3, -0.25) is 0 Å². The van der Waals surface area contributed by atoms with Crippen molar-refractivity contribution in [3.05, 3.63) is 24.4 Å². The van der Waals surface area contributed by atoms with Crippen molar-refractivity contribution in [2.75, 3.05) is 31.7 Å². The molecule has 0 amide bonds. The Bertz CT molecular complexity index is 369. The van der Waals surface area contributed by atoms with E-state index in [1.54, 1.807) is 7.11 Å². The van der Waals surface area contributed by atoms with Gasteiger partial charge in [-0.2, -0.15) is 0 Å². The maximum absolute atomic E-state index is 5.30. The Morgan fingerprint density at radius 2 is 2.32 bits per heavy atom. The molecular weight excluding hydrogens is 238 g/mol. The van der Waals surface area contributed by atoms with E-state index in [-0.39, 0.29) is 0 Å². The second-order valence-corrected chi connectivity index (χ2v) is 5.59. The smallest absolute Gasteiger partial charge is 0.128 e. The van der Waals surface area contributed by atoms with Crippen molar-refractivity contribution in [3.63, 3.8) is 0 Å². The monoisotopic (exact) mass is 263 g/mol. The van der Waals surface area contributed by atoms with Gasteiger partial charge in [-0.05, 0) is 24.5 Å². The Labute approximate surface area is 116 Å². The van der Waals surface area contributed by atoms with Gasteiger partial charge < -0.3 is 15.0 Å². The van der Waals surface area contributed by atoms with Crippen LogP contribution in [0.25, 0.3) is 0 Å². The highest BCUT2D eigenvalue weighted by Gasteiger charge is 2.26. The summed E-state index contributed by atoms with van der Waals surface area (Å²) in [4.78, 5) is 6.77. The SMILES string of the molecule is COC[C@H](N[C@H]1CCN(c2ccccn2)C1)C(C)C. The van der Waals surface area contributed by atoms with E-state index in [4.69, 9.17) is 4.74 Å². The highest BCUT2D eigenvalue weighted by Crippen LogP contribution is 2.18. The molecule has 4 heteroatoms. The largest absolute Gasteiger partial charge is 0.383 e. The minimum absolute atomic E-state index is 0.429. The normalized spacial score (nSPS) is 21.1. The topological polar surface area (TPSA) is 37.4 Å². The molecule has 0 radical (unpaired) electrons. The molecule has 1 aliphatic heterocycles. The molecule has 19 heavy (non-hydrogen) atoms. The number of nitrogens with zero attached hydrogens (tertiary/aromatic N) is 2. The molecule has 4 nitrogen and oxygen atoms in total. The summed E-state index contributed by atoms with van der Waals surface area (Å²) >= 11 is 0. The number of methoxy groups -OCH3 is 1. The van der Waals surface area contributed by atoms with Crippen molar-refractivity contribution >= 4 is 5.82 Å². The van der Waals surface area contributed by atoms with Crippen molar-refractivity contribution in [1.82, 2.24) is 10.3 Å². The van der Waals surface area contributed by atoms with Crippen LogP contribution in [0.4, 0.5) is 5.82 Å². The van der Waals surface area contributed by atoms with Gasteiger partial charge in [0.1, 0.15) is 5.82 Å². The van der Waals surface area contributed by atoms with Crippen LogP contribution in [0, 0.1) is 5.92 Å². The lowest BCUT2D eigenvalue weighted by Gasteiger charge is -2.26. The van der Waals surface area contributed by atoms with E-state index < -0.39 is 0 Å². The second kappa shape index (κ2) is 6.87. The van der Waals surface area contributed by atoms with Gasteiger partial charge in [0.25, 0.3) is 0 Å². The highest BCUT2D eigenvalue weighted by atomic mass is 16.5. The number of hydrogen-bond acceptors (Lipinski definition) is 4. The van der Waals surface area contributed by atoms with Crippen LogP contribution in [0.3, 0.4) is 0 Å². The molecule has 0 spiro atoms. The van der Waals surface area contributed by atoms with Crippen molar-refractivity contribution in [3.8, 4) is 0 Å². The molecule has 2 atom stereocenters. The van der Waals surface area contributed by atoms with Crippen LogP contribution in [0.2, 0.25) is 0 Å². The Morgan fingerprint density at radius 3 is 2.95 bits per heavy atom. The maximum atomic E-state index is 5.30. The highest BCUT2D eigenvalue weighted by molar-refractivity contribution is 5.39. The molecule has 1 N–H and O–H groups in total. The van der Waals surface area contributed by atoms with Crippen LogP contribution in [-0.4, -0.2) is 43.9 Å². The molecule has 0 aromatic carbocycles. The molecule has 1 aromatic rings. The minimum Gasteiger partial charge on any atom is -0.383 e. The lowest BCUT2D eigenvalue weighted by atomic mass is 10.0. The lowest BCUT2D eigenvalue weighted by Crippen LogP contribution is -2.45. The number of hydrogen-bond donors (Lipinski definition) is 1. The first-order valence-electron chi connectivity index (χ1n) is 7.11. The van der Waals surface area contributed by atoms with Gasteiger partial charge in [0.15, 0.2) is 0 Å². The van der Waals surface area contributed by atoms with Gasteiger partial charge >= 0.3 is 0 Å². The molecule has 2 rings (SSSR count). The van der Waals surface area contributed by atoms with Crippen molar-refractivity contribution < 1.29 is 4.74 Å². The van der Waals surface area contributed by atoms with Gasteiger partial charge in [-0.15, -0.1) is 0 Å². The lowest BCUT2D eigenvalue weighted by molar-refractivity contribution is 0.141. The Kier molecular flexibility index (Phi) is 5.16. The van der Waals surface area contributed by atoms with E-state index in [0.717, 1.165) is 25.5 Å². The first kappa shape index (κ1) is 14.3. The van der Waals surface area contributed by atoms with Gasteiger partial charge in [-0.1, -0.05) is 19.9 Å². The second-order valence-electron chi connectivity index (χ2n) is 5.59. The number of anilines is 1. The fourth-order valence-electron chi connectivity index (χ4n) is 2.56. The third-order valence-electron chi connectivity index (χ3n) is 3.76. The van der Waals surface area contributed by atoms with Crippen LogP contribution >= 0.6 is 0 Å². The average Bonchev–Trinajstić information content (AvgIpc) is 2.88. The summed E-state index contributed by atoms with van der Waals surface area (Å²) in [5.41, 5.74) is 0. The molecule has 2 heterocycles. The van der Waals surface area contributed by atoms with E-state index in [0.29, 0.717) is 18.0 Å². The predicted octanol–water partition coefficient (Wildman–Crippen LogP) is 1.92. The van der Waals surface area contributed by atoms with Crippen LogP contribution < -0.4 is 10.2 Å². The Balaban J connectivity index is 1.88. The number of rotatable bonds is 6. The quantitative estimate of drug-likeness (QED) is 0.851. The molecule has 0 bridgehead atoms. The first-order valence-corrected chi connectivity index (χ1v) is 7.11. The van der Waals surface area contributed by atoms with Gasteiger partial charge in [0.05, 0.1) is 6.61 Å². The maximum Gasteiger partial charge on any atom is 0.128 e. The predicted molar refractivity (Wildman–Crippen MR) is 78.5 cm³/mol. The number of ether oxygens (including phenoxy) is 1. The third kappa shape index (κ3) is 3.91. The summed E-state index contributed by atoms with van der Waals surface area (Å²) < 4.78 is 5.30. The van der Waals surface area contributed by atoms with Crippen LogP contribution in [0.1, 0.15) is 20.3 Å². The van der Waals surface area contributed by atoms with Crippen LogP contribution in [-0.2, 0) is 4.74 Å². The standard InChI is InChI=1S/C15H25N3O/c1-12(2)14(11-19-3)17-13-7-9-18(10-13)15-6-4-5-8-16-15/h4-6,8,12-14,17H,7,9-11H2,1-3H3/t13-,14-/m0/s1. The van der Waals surface area contributed by atoms with Crippen molar-refractivity contribution in [2.24, 2.45) is 5.92 Å². The fraction of sp³-hybridized carbons (Fsp3) is 0.667. The molecular formula is C15H25N3O. The van der Waals surface area contributed by atoms with Crippen LogP contribution in [0.15, 0.2) is 24.4 Å². The zero-order valence-electron chi connectivity index (χ0n) is 12.2. The molecule has 1 aromatic heterocycles. The fourth-order valence-corrected chi connectivity index (χ4v) is 2.56. The molecule has 0 unspecified atom stereocenters. The van der Waals surface area contributed by atoms with Crippen LogP contribution in [0.5, 0.6) is 0 Å². The van der Waals surface area contributed by atoms with Gasteiger partial charge in [0, 0.05) is 38.5 Å². The van der Waals surface area contributed by atoms with E-state index in [1.807, 2.05) is 18.3 Å². The van der Waals surface area contributed by atoms with Crippen molar-refractivity contribution in [2.45, 2.75) is 32.4 Å². The number of aromatic nitrogens is 1. The van der Waals surface area contributed by atoms with Gasteiger partial charge in [0.2, 0.25) is 0 Å². The minimum atomic E-state index is 0.429. The summed E-state index contributed by atoms with van der Waals surface area (Å²) in [6.07, 6.45) is 3.03. The summed E-state index contributed by atoms with van der Waals surface area (Å²) in [7, 11) is 1.77. The number of nitrogens with one attached hydrogen (secondary N) is 1. The molecule has 1 fully saturated rings. The Hall–Kier alpha value is -1.13. The van der Waals surface area contributed by atoms with E-state index >= 15 is 0 Å². The first-order chi connectivity index (χ1) is 9.20. The van der Waals surface area contributed by atoms with E-state index in [1.165, 1.54) is 6.42 Å². The molecule has 106 valence electrons. The number of pyridine rings is 1. The zero-order valence-corrected chi connectivity index (χ0v) is 12.2. The van der Waals surface area contributed by atoms with E-state index in [2.05, 4.69) is 35.1 Å². The summed E-state index contributed by atoms with van der Waals surface area (Å²) in [5, 5.41) is 3.72. The summed E-state index contributed by atoms with van der Waals surface area (Å²) in [6.45, 7) is 7.36. The third-order valence-corrected chi connectivity index (χ3v) is 3.76. The average molecular weight is 263 g/mol. The molecule has 0 aliphatic carbocycles. The molecule has 1 aliphatic rings. The zero-order chi connectivity index (χ0) is 13.7. The van der Waals surface area contributed by atoms with Gasteiger partial charge in [-0.25, -0.2) is 4.98 Å². The Morgan fingerprint density at radius 1 is 1.47 bits per heavy atom. The molecule has 1 saturated heterocycles. The summed E-state index contributed by atoms with van der Waals surface area (Å²) in [5.74, 6) is 1.67.